The van der Waals surface area contributed by atoms with Crippen molar-refractivity contribution in [2.24, 2.45) is 5.92 Å². The maximum atomic E-state index is 11.5. The van der Waals surface area contributed by atoms with Gasteiger partial charge in [0.2, 0.25) is 0 Å². The molecule has 0 saturated carbocycles. The molecule has 0 spiro atoms. The number of hydrogen-bond acceptors (Lipinski definition) is 2. The molecule has 0 bridgehead atoms. The van der Waals surface area contributed by atoms with E-state index in [2.05, 4.69) is 17.4 Å². The average Bonchev–Trinajstić information content (AvgIpc) is 2.23. The molecule has 1 aromatic carbocycles. The molecule has 1 heterocycles. The lowest BCUT2D eigenvalue weighted by atomic mass is 9.87. The van der Waals surface area contributed by atoms with Gasteiger partial charge in [-0.2, -0.15) is 0 Å². The van der Waals surface area contributed by atoms with Crippen LogP contribution in [0.25, 0.3) is 0 Å². The number of nitrogens with one attached hydrogen (secondary N) is 1. The van der Waals surface area contributed by atoms with E-state index in [0.29, 0.717) is 12.2 Å². The van der Waals surface area contributed by atoms with Gasteiger partial charge in [-0.05, 0) is 5.56 Å². The van der Waals surface area contributed by atoms with Gasteiger partial charge < -0.3 is 5.32 Å². The number of rotatable bonds is 1. The first-order valence-electron chi connectivity index (χ1n) is 5.10. The normalized spacial score (nSPS) is 27.6. The summed E-state index contributed by atoms with van der Waals surface area (Å²) >= 11 is 0. The van der Waals surface area contributed by atoms with Crippen molar-refractivity contribution in [1.82, 2.24) is 5.32 Å². The minimum absolute atomic E-state index is 0.103. The second-order valence-corrected chi connectivity index (χ2v) is 3.85. The van der Waals surface area contributed by atoms with Crippen molar-refractivity contribution in [3.8, 4) is 0 Å². The SMILES string of the molecule is C[C@@H]1C(=O)CCN[C@H]1c1ccccc1. The summed E-state index contributed by atoms with van der Waals surface area (Å²) in [7, 11) is 0. The molecule has 1 aliphatic rings. The first kappa shape index (κ1) is 9.41. The highest BCUT2D eigenvalue weighted by Crippen LogP contribution is 2.26. The molecule has 1 aromatic rings. The number of piperidine rings is 1. The Bertz CT molecular complexity index is 320. The predicted octanol–water partition coefficient (Wildman–Crippen LogP) is 1.93. The van der Waals surface area contributed by atoms with Gasteiger partial charge in [-0.15, -0.1) is 0 Å². The summed E-state index contributed by atoms with van der Waals surface area (Å²) in [5.41, 5.74) is 1.22. The van der Waals surface area contributed by atoms with Gasteiger partial charge in [0.25, 0.3) is 0 Å². The molecule has 2 heteroatoms. The lowest BCUT2D eigenvalue weighted by molar-refractivity contribution is -0.124. The van der Waals surface area contributed by atoms with Crippen LogP contribution in [0.4, 0.5) is 0 Å². The standard InChI is InChI=1S/C12H15NO/c1-9-11(14)7-8-13-12(9)10-5-3-2-4-6-10/h2-6,9,12-13H,7-8H2,1H3/t9-,12-/m1/s1. The van der Waals surface area contributed by atoms with Gasteiger partial charge >= 0.3 is 0 Å². The quantitative estimate of drug-likeness (QED) is 0.731. The summed E-state index contributed by atoms with van der Waals surface area (Å²) in [5, 5.41) is 3.39. The fourth-order valence-electron chi connectivity index (χ4n) is 2.01. The Hall–Kier alpha value is -1.15. The van der Waals surface area contributed by atoms with Crippen LogP contribution in [0.5, 0.6) is 0 Å². The Kier molecular flexibility index (Phi) is 2.64. The fraction of sp³-hybridized carbons (Fsp3) is 0.417. The highest BCUT2D eigenvalue weighted by atomic mass is 16.1. The van der Waals surface area contributed by atoms with Crippen LogP contribution >= 0.6 is 0 Å². The van der Waals surface area contributed by atoms with E-state index in [1.807, 2.05) is 25.1 Å². The van der Waals surface area contributed by atoms with Gasteiger partial charge in [0, 0.05) is 24.9 Å². The van der Waals surface area contributed by atoms with Crippen LogP contribution in [0.2, 0.25) is 0 Å². The zero-order chi connectivity index (χ0) is 9.97. The smallest absolute Gasteiger partial charge is 0.138 e. The monoisotopic (exact) mass is 189 g/mol. The molecule has 1 aliphatic heterocycles. The zero-order valence-corrected chi connectivity index (χ0v) is 8.36. The van der Waals surface area contributed by atoms with Crippen molar-refractivity contribution in [1.29, 1.82) is 0 Å². The Morgan fingerprint density at radius 2 is 2.00 bits per heavy atom. The van der Waals surface area contributed by atoms with E-state index in [1.54, 1.807) is 0 Å². The van der Waals surface area contributed by atoms with Gasteiger partial charge in [0.05, 0.1) is 0 Å². The Labute approximate surface area is 84.3 Å². The van der Waals surface area contributed by atoms with Crippen LogP contribution in [0.3, 0.4) is 0 Å². The zero-order valence-electron chi connectivity index (χ0n) is 8.36. The van der Waals surface area contributed by atoms with E-state index >= 15 is 0 Å². The first-order valence-corrected chi connectivity index (χ1v) is 5.10. The number of carbonyl (C=O) groups is 1. The molecule has 2 nitrogen and oxygen atoms in total. The van der Waals surface area contributed by atoms with Gasteiger partial charge in [0.1, 0.15) is 5.78 Å². The summed E-state index contributed by atoms with van der Waals surface area (Å²) in [4.78, 5) is 11.5. The molecule has 0 amide bonds. The minimum Gasteiger partial charge on any atom is -0.309 e. The van der Waals surface area contributed by atoms with E-state index in [-0.39, 0.29) is 12.0 Å². The molecular weight excluding hydrogens is 174 g/mol. The molecule has 74 valence electrons. The molecule has 2 rings (SSSR count). The summed E-state index contributed by atoms with van der Waals surface area (Å²) in [5.74, 6) is 0.476. The third kappa shape index (κ3) is 1.70. The fourth-order valence-corrected chi connectivity index (χ4v) is 2.01. The summed E-state index contributed by atoms with van der Waals surface area (Å²) in [6.45, 7) is 2.81. The Balaban J connectivity index is 2.22. The highest BCUT2D eigenvalue weighted by molar-refractivity contribution is 5.82. The van der Waals surface area contributed by atoms with E-state index in [4.69, 9.17) is 0 Å². The van der Waals surface area contributed by atoms with Gasteiger partial charge in [-0.3, -0.25) is 4.79 Å². The lowest BCUT2D eigenvalue weighted by Crippen LogP contribution is -2.38. The number of benzene rings is 1. The molecule has 14 heavy (non-hydrogen) atoms. The van der Waals surface area contributed by atoms with Crippen molar-refractivity contribution in [2.45, 2.75) is 19.4 Å². The third-order valence-electron chi connectivity index (χ3n) is 2.90. The van der Waals surface area contributed by atoms with Crippen LogP contribution in [0.1, 0.15) is 24.9 Å². The molecule has 1 saturated heterocycles. The maximum Gasteiger partial charge on any atom is 0.138 e. The number of hydrogen-bond donors (Lipinski definition) is 1. The Morgan fingerprint density at radius 1 is 1.29 bits per heavy atom. The number of carbonyl (C=O) groups excluding carboxylic acids is 1. The van der Waals surface area contributed by atoms with E-state index in [9.17, 15) is 4.79 Å². The second kappa shape index (κ2) is 3.93. The van der Waals surface area contributed by atoms with E-state index < -0.39 is 0 Å². The van der Waals surface area contributed by atoms with Crippen LogP contribution in [0, 0.1) is 5.92 Å². The van der Waals surface area contributed by atoms with E-state index in [1.165, 1.54) is 5.56 Å². The topological polar surface area (TPSA) is 29.1 Å². The molecular formula is C12H15NO. The summed E-state index contributed by atoms with van der Waals surface area (Å²) < 4.78 is 0. The van der Waals surface area contributed by atoms with Crippen LogP contribution in [-0.4, -0.2) is 12.3 Å². The average molecular weight is 189 g/mol. The third-order valence-corrected chi connectivity index (χ3v) is 2.90. The number of ketones is 1. The highest BCUT2D eigenvalue weighted by Gasteiger charge is 2.28. The van der Waals surface area contributed by atoms with Gasteiger partial charge in [0.15, 0.2) is 0 Å². The van der Waals surface area contributed by atoms with Crippen LogP contribution in [0.15, 0.2) is 30.3 Å². The molecule has 0 aliphatic carbocycles. The van der Waals surface area contributed by atoms with Crippen LogP contribution in [-0.2, 0) is 4.79 Å². The minimum atomic E-state index is 0.103. The first-order chi connectivity index (χ1) is 6.79. The maximum absolute atomic E-state index is 11.5. The van der Waals surface area contributed by atoms with Crippen molar-refractivity contribution in [2.75, 3.05) is 6.54 Å². The van der Waals surface area contributed by atoms with Crippen molar-refractivity contribution < 1.29 is 4.79 Å². The molecule has 0 unspecified atom stereocenters. The van der Waals surface area contributed by atoms with Crippen LogP contribution < -0.4 is 5.32 Å². The number of Topliss-reactive ketones (excluding diaryl/α,β-unsaturated/α-hetero) is 1. The largest absolute Gasteiger partial charge is 0.309 e. The predicted molar refractivity (Wildman–Crippen MR) is 56.0 cm³/mol. The molecule has 0 radical (unpaired) electrons. The summed E-state index contributed by atoms with van der Waals surface area (Å²) in [6, 6.07) is 10.4. The molecule has 2 atom stereocenters. The molecule has 0 aromatic heterocycles. The molecule has 1 fully saturated rings. The van der Waals surface area contributed by atoms with Gasteiger partial charge in [-0.25, -0.2) is 0 Å². The van der Waals surface area contributed by atoms with E-state index in [0.717, 1.165) is 6.54 Å². The van der Waals surface area contributed by atoms with Gasteiger partial charge in [-0.1, -0.05) is 37.3 Å². The summed E-state index contributed by atoms with van der Waals surface area (Å²) in [6.07, 6.45) is 0.671. The second-order valence-electron chi connectivity index (χ2n) is 3.85. The van der Waals surface area contributed by atoms with Crippen molar-refractivity contribution >= 4 is 5.78 Å². The molecule has 1 N–H and O–H groups in total. The van der Waals surface area contributed by atoms with Crippen molar-refractivity contribution in [3.63, 3.8) is 0 Å². The lowest BCUT2D eigenvalue weighted by Gasteiger charge is -2.29. The van der Waals surface area contributed by atoms with Crippen molar-refractivity contribution in [3.05, 3.63) is 35.9 Å². The Morgan fingerprint density at radius 3 is 2.71 bits per heavy atom.